The number of nitrogens with zero attached hydrogens (tertiary/aromatic N) is 1. The van der Waals surface area contributed by atoms with Gasteiger partial charge >= 0.3 is 0 Å². The molecule has 0 aliphatic rings. The lowest BCUT2D eigenvalue weighted by Gasteiger charge is -2.05. The summed E-state index contributed by atoms with van der Waals surface area (Å²) >= 11 is 0. The highest BCUT2D eigenvalue weighted by Crippen LogP contribution is 2.09. The molecule has 0 aliphatic heterocycles. The van der Waals surface area contributed by atoms with E-state index in [1.807, 2.05) is 32.1 Å². The van der Waals surface area contributed by atoms with Crippen LogP contribution >= 0.6 is 0 Å². The standard InChI is InChI=1S/C16H19NO3/c1-5-7-8-9-15(4)20-16(6-2)11-10-14(3)12-13-17(18)19/h5-13H,3-4H2,1-2H3/b7-5-,9-8-,11-10-,13-12+,16-6+. The van der Waals surface area contributed by atoms with Crippen molar-refractivity contribution in [1.82, 2.24) is 0 Å². The van der Waals surface area contributed by atoms with E-state index in [0.29, 0.717) is 17.1 Å². The average molecular weight is 273 g/mol. The van der Waals surface area contributed by atoms with Crippen LogP contribution in [-0.2, 0) is 4.74 Å². The summed E-state index contributed by atoms with van der Waals surface area (Å²) in [7, 11) is 0. The van der Waals surface area contributed by atoms with Gasteiger partial charge in [-0.25, -0.2) is 0 Å². The average Bonchev–Trinajstić information content (AvgIpc) is 2.41. The molecule has 0 aromatic rings. The fourth-order valence-electron chi connectivity index (χ4n) is 1.05. The molecule has 0 unspecified atom stereocenters. The Kier molecular flexibility index (Phi) is 8.96. The van der Waals surface area contributed by atoms with Gasteiger partial charge in [0.05, 0.1) is 4.92 Å². The van der Waals surface area contributed by atoms with Gasteiger partial charge in [0.1, 0.15) is 11.5 Å². The van der Waals surface area contributed by atoms with Gasteiger partial charge in [-0.1, -0.05) is 37.5 Å². The van der Waals surface area contributed by atoms with Crippen LogP contribution in [0.2, 0.25) is 0 Å². The number of nitro groups is 1. The van der Waals surface area contributed by atoms with Gasteiger partial charge in [0, 0.05) is 6.08 Å². The van der Waals surface area contributed by atoms with Crippen molar-refractivity contribution < 1.29 is 9.66 Å². The fraction of sp³-hybridized carbons (Fsp3) is 0.125. The topological polar surface area (TPSA) is 52.4 Å². The lowest BCUT2D eigenvalue weighted by molar-refractivity contribution is -0.402. The van der Waals surface area contributed by atoms with Gasteiger partial charge in [-0.15, -0.1) is 0 Å². The molecular formula is C16H19NO3. The summed E-state index contributed by atoms with van der Waals surface area (Å²) in [4.78, 5) is 9.62. The highest BCUT2D eigenvalue weighted by Gasteiger charge is 1.94. The molecule has 0 saturated carbocycles. The summed E-state index contributed by atoms with van der Waals surface area (Å²) in [5.74, 6) is 1.07. The molecule has 4 nitrogen and oxygen atoms in total. The lowest BCUT2D eigenvalue weighted by atomic mass is 10.2. The molecular weight excluding hydrogens is 254 g/mol. The lowest BCUT2D eigenvalue weighted by Crippen LogP contribution is -1.87. The molecule has 0 aromatic heterocycles. The zero-order valence-corrected chi connectivity index (χ0v) is 11.8. The van der Waals surface area contributed by atoms with Gasteiger partial charge in [0.2, 0.25) is 6.20 Å². The number of hydrogen-bond acceptors (Lipinski definition) is 3. The van der Waals surface area contributed by atoms with E-state index in [0.717, 1.165) is 6.20 Å². The molecule has 0 saturated heterocycles. The number of allylic oxidation sites excluding steroid dienone is 9. The number of ether oxygens (including phenoxy) is 1. The normalized spacial score (nSPS) is 12.8. The molecule has 0 fully saturated rings. The summed E-state index contributed by atoms with van der Waals surface area (Å²) in [6.07, 6.45) is 14.5. The molecule has 0 atom stereocenters. The Morgan fingerprint density at radius 3 is 2.35 bits per heavy atom. The Morgan fingerprint density at radius 1 is 1.10 bits per heavy atom. The SMILES string of the molecule is C=C(/C=C\C(=C/C)OC(=C)/C=C\C=C/C)/C=C/[N+](=O)[O-]. The van der Waals surface area contributed by atoms with Crippen LogP contribution in [0, 0.1) is 10.1 Å². The highest BCUT2D eigenvalue weighted by atomic mass is 16.6. The maximum Gasteiger partial charge on any atom is 0.235 e. The third-order valence-electron chi connectivity index (χ3n) is 1.99. The maximum atomic E-state index is 10.2. The molecule has 0 aliphatic carbocycles. The minimum absolute atomic E-state index is 0.493. The first-order valence-corrected chi connectivity index (χ1v) is 6.00. The van der Waals surface area contributed by atoms with Crippen LogP contribution in [0.1, 0.15) is 13.8 Å². The summed E-state index contributed by atoms with van der Waals surface area (Å²) < 4.78 is 5.48. The summed E-state index contributed by atoms with van der Waals surface area (Å²) in [5.41, 5.74) is 0.500. The van der Waals surface area contributed by atoms with E-state index in [1.54, 1.807) is 24.3 Å². The Morgan fingerprint density at radius 2 is 1.80 bits per heavy atom. The molecule has 0 N–H and O–H groups in total. The minimum Gasteiger partial charge on any atom is -0.458 e. The van der Waals surface area contributed by atoms with Crippen LogP contribution in [0.3, 0.4) is 0 Å². The van der Waals surface area contributed by atoms with Crippen molar-refractivity contribution in [2.45, 2.75) is 13.8 Å². The smallest absolute Gasteiger partial charge is 0.235 e. The van der Waals surface area contributed by atoms with E-state index in [1.165, 1.54) is 6.08 Å². The van der Waals surface area contributed by atoms with Crippen LogP contribution in [0.5, 0.6) is 0 Å². The summed E-state index contributed by atoms with van der Waals surface area (Å²) in [6, 6.07) is 0. The highest BCUT2D eigenvalue weighted by molar-refractivity contribution is 5.31. The predicted octanol–water partition coefficient (Wildman–Crippen LogP) is 4.46. The Bertz CT molecular complexity index is 506. The maximum absolute atomic E-state index is 10.2. The summed E-state index contributed by atoms with van der Waals surface area (Å²) in [5, 5.41) is 10.2. The predicted molar refractivity (Wildman–Crippen MR) is 82.4 cm³/mol. The van der Waals surface area contributed by atoms with Crippen LogP contribution in [0.25, 0.3) is 0 Å². The van der Waals surface area contributed by atoms with E-state index in [-0.39, 0.29) is 0 Å². The van der Waals surface area contributed by atoms with E-state index in [2.05, 4.69) is 13.2 Å². The third-order valence-corrected chi connectivity index (χ3v) is 1.99. The molecule has 0 heterocycles. The van der Waals surface area contributed by atoms with Crippen molar-refractivity contribution >= 4 is 0 Å². The fourth-order valence-corrected chi connectivity index (χ4v) is 1.05. The monoisotopic (exact) mass is 273 g/mol. The van der Waals surface area contributed by atoms with Crippen LogP contribution in [-0.4, -0.2) is 4.92 Å². The van der Waals surface area contributed by atoms with Crippen LogP contribution < -0.4 is 0 Å². The van der Waals surface area contributed by atoms with Gasteiger partial charge in [-0.05, 0) is 37.6 Å². The molecule has 4 heteroatoms. The van der Waals surface area contributed by atoms with Crippen molar-refractivity contribution in [3.05, 3.63) is 95.2 Å². The van der Waals surface area contributed by atoms with Gasteiger partial charge in [-0.3, -0.25) is 10.1 Å². The van der Waals surface area contributed by atoms with Crippen molar-refractivity contribution in [2.24, 2.45) is 0 Å². The molecule has 0 amide bonds. The zero-order valence-electron chi connectivity index (χ0n) is 11.8. The van der Waals surface area contributed by atoms with Gasteiger partial charge < -0.3 is 4.74 Å². The third kappa shape index (κ3) is 9.41. The van der Waals surface area contributed by atoms with Crippen molar-refractivity contribution in [2.75, 3.05) is 0 Å². The van der Waals surface area contributed by atoms with Crippen LogP contribution in [0.15, 0.2) is 85.1 Å². The minimum atomic E-state index is -0.542. The quantitative estimate of drug-likeness (QED) is 0.284. The Balaban J connectivity index is 4.53. The largest absolute Gasteiger partial charge is 0.458 e. The van der Waals surface area contributed by atoms with E-state index < -0.39 is 4.92 Å². The zero-order chi connectivity index (χ0) is 15.4. The molecule has 106 valence electrons. The van der Waals surface area contributed by atoms with Crippen LogP contribution in [0.4, 0.5) is 0 Å². The Hall–Kier alpha value is -2.62. The Labute approximate surface area is 119 Å². The number of hydrogen-bond donors (Lipinski definition) is 0. The van der Waals surface area contributed by atoms with E-state index >= 15 is 0 Å². The first kappa shape index (κ1) is 17.4. The van der Waals surface area contributed by atoms with Gasteiger partial charge in [0.25, 0.3) is 0 Å². The van der Waals surface area contributed by atoms with Gasteiger partial charge in [0.15, 0.2) is 0 Å². The molecule has 0 spiro atoms. The second kappa shape index (κ2) is 10.3. The van der Waals surface area contributed by atoms with Gasteiger partial charge in [-0.2, -0.15) is 0 Å². The van der Waals surface area contributed by atoms with E-state index in [4.69, 9.17) is 4.74 Å². The number of rotatable bonds is 8. The summed E-state index contributed by atoms with van der Waals surface area (Å²) in [6.45, 7) is 11.2. The second-order valence-electron chi connectivity index (χ2n) is 3.65. The second-order valence-corrected chi connectivity index (χ2v) is 3.65. The van der Waals surface area contributed by atoms with Crippen molar-refractivity contribution in [3.63, 3.8) is 0 Å². The first-order chi connectivity index (χ1) is 9.49. The van der Waals surface area contributed by atoms with Crippen molar-refractivity contribution in [1.29, 1.82) is 0 Å². The molecule has 0 aromatic carbocycles. The molecule has 0 radical (unpaired) electrons. The molecule has 0 bridgehead atoms. The first-order valence-electron chi connectivity index (χ1n) is 6.00. The molecule has 0 rings (SSSR count). The van der Waals surface area contributed by atoms with Crippen molar-refractivity contribution in [3.8, 4) is 0 Å². The van der Waals surface area contributed by atoms with E-state index in [9.17, 15) is 10.1 Å². The molecule has 20 heavy (non-hydrogen) atoms.